The monoisotopic (exact) mass is 480 g/mol. The van der Waals surface area contributed by atoms with Gasteiger partial charge in [-0.3, -0.25) is 0 Å². The van der Waals surface area contributed by atoms with Crippen LogP contribution in [0.15, 0.2) is 81.0 Å². The zero-order valence-corrected chi connectivity index (χ0v) is 19.2. The van der Waals surface area contributed by atoms with Crippen molar-refractivity contribution in [3.63, 3.8) is 0 Å². The number of hydrogen-bond acceptors (Lipinski definition) is 4. The lowest BCUT2D eigenvalue weighted by molar-refractivity contribution is 0.214. The molecule has 1 fully saturated rings. The van der Waals surface area contributed by atoms with Gasteiger partial charge in [-0.05, 0) is 49.1 Å². The molecule has 3 aromatic rings. The largest absolute Gasteiger partial charge is 0.506 e. The Morgan fingerprint density at radius 2 is 1.67 bits per heavy atom. The highest BCUT2D eigenvalue weighted by molar-refractivity contribution is 9.10. The van der Waals surface area contributed by atoms with E-state index in [2.05, 4.69) is 86.4 Å². The number of aromatic hydroxyl groups is 1. The molecule has 0 amide bonds. The van der Waals surface area contributed by atoms with Crippen molar-refractivity contribution in [3.8, 4) is 5.75 Å². The lowest BCUT2D eigenvalue weighted by Gasteiger charge is -2.43. The summed E-state index contributed by atoms with van der Waals surface area (Å²) in [6.45, 7) is 3.30. The van der Waals surface area contributed by atoms with Crippen LogP contribution in [0.3, 0.4) is 0 Å². The Kier molecular flexibility index (Phi) is 5.77. The fourth-order valence-corrected chi connectivity index (χ4v) is 6.31. The molecule has 3 nitrogen and oxygen atoms in total. The first-order chi connectivity index (χ1) is 14.7. The number of rotatable bonds is 4. The van der Waals surface area contributed by atoms with E-state index in [1.807, 2.05) is 6.07 Å². The number of anilines is 2. The summed E-state index contributed by atoms with van der Waals surface area (Å²) in [5.74, 6) is 0.355. The summed E-state index contributed by atoms with van der Waals surface area (Å²) in [6, 6.07) is 23.7. The summed E-state index contributed by atoms with van der Waals surface area (Å²) >= 11 is 5.29. The molecule has 2 aliphatic rings. The maximum absolute atomic E-state index is 10.8. The van der Waals surface area contributed by atoms with Crippen molar-refractivity contribution in [3.05, 3.63) is 76.8 Å². The number of nitrogens with zero attached hydrogens (tertiary/aromatic N) is 2. The van der Waals surface area contributed by atoms with Crippen LogP contribution in [0, 0.1) is 0 Å². The van der Waals surface area contributed by atoms with E-state index < -0.39 is 0 Å². The van der Waals surface area contributed by atoms with E-state index >= 15 is 0 Å². The molecule has 3 aromatic carbocycles. The van der Waals surface area contributed by atoms with E-state index in [4.69, 9.17) is 0 Å². The molecule has 0 atom stereocenters. The zero-order valence-electron chi connectivity index (χ0n) is 16.8. The van der Waals surface area contributed by atoms with Gasteiger partial charge < -0.3 is 14.9 Å². The third-order valence-electron chi connectivity index (χ3n) is 6.09. The molecule has 5 heteroatoms. The Balaban J connectivity index is 1.35. The molecule has 0 radical (unpaired) electrons. The first-order valence-electron chi connectivity index (χ1n) is 10.5. The van der Waals surface area contributed by atoms with Gasteiger partial charge in [0.05, 0.1) is 11.4 Å². The zero-order chi connectivity index (χ0) is 20.5. The van der Waals surface area contributed by atoms with E-state index in [9.17, 15) is 5.11 Å². The normalized spacial score (nSPS) is 16.9. The number of phenolic OH excluding ortho intramolecular Hbond substituents is 1. The third-order valence-corrected chi connectivity index (χ3v) is 7.64. The molecule has 1 saturated heterocycles. The van der Waals surface area contributed by atoms with E-state index in [0.717, 1.165) is 54.0 Å². The summed E-state index contributed by atoms with van der Waals surface area (Å²) in [5.41, 5.74) is 3.59. The van der Waals surface area contributed by atoms with Crippen LogP contribution in [0.5, 0.6) is 5.75 Å². The number of fused-ring (bicyclic) bond motifs is 2. The molecular weight excluding hydrogens is 456 g/mol. The molecule has 2 heterocycles. The number of hydrogen-bond donors (Lipinski definition) is 1. The average Bonchev–Trinajstić information content (AvgIpc) is 2.77. The Morgan fingerprint density at radius 3 is 2.47 bits per heavy atom. The summed E-state index contributed by atoms with van der Waals surface area (Å²) in [4.78, 5) is 7.36. The van der Waals surface area contributed by atoms with Crippen LogP contribution in [0.1, 0.15) is 18.4 Å². The fraction of sp³-hybridized carbons (Fsp3) is 0.280. The molecule has 0 aliphatic carbocycles. The first-order valence-corrected chi connectivity index (χ1v) is 12.1. The molecule has 0 aromatic heterocycles. The van der Waals surface area contributed by atoms with Crippen LogP contribution in [0.2, 0.25) is 0 Å². The minimum Gasteiger partial charge on any atom is -0.506 e. The maximum Gasteiger partial charge on any atom is 0.141 e. The number of halogens is 1. The van der Waals surface area contributed by atoms with Crippen molar-refractivity contribution in [2.24, 2.45) is 0 Å². The van der Waals surface area contributed by atoms with Gasteiger partial charge in [-0.2, -0.15) is 0 Å². The average molecular weight is 481 g/mol. The summed E-state index contributed by atoms with van der Waals surface area (Å²) in [6.07, 6.45) is 3.30. The van der Waals surface area contributed by atoms with Crippen molar-refractivity contribution < 1.29 is 5.11 Å². The summed E-state index contributed by atoms with van der Waals surface area (Å²) < 4.78 is 0.918. The predicted octanol–water partition coefficient (Wildman–Crippen LogP) is 6.46. The molecule has 154 valence electrons. The maximum atomic E-state index is 10.8. The second kappa shape index (κ2) is 8.66. The second-order valence-electron chi connectivity index (χ2n) is 8.02. The molecular formula is C25H25BrN2OS. The Labute approximate surface area is 190 Å². The lowest BCUT2D eigenvalue weighted by atomic mass is 10.00. The molecule has 0 spiro atoms. The number of para-hydroxylation sites is 1. The topological polar surface area (TPSA) is 26.7 Å². The Bertz CT molecular complexity index is 1030. The van der Waals surface area contributed by atoms with Crippen LogP contribution < -0.4 is 4.90 Å². The van der Waals surface area contributed by atoms with E-state index in [1.54, 1.807) is 11.8 Å². The minimum absolute atomic E-state index is 0.355. The van der Waals surface area contributed by atoms with Crippen LogP contribution in [0.25, 0.3) is 0 Å². The van der Waals surface area contributed by atoms with Crippen LogP contribution in [-0.4, -0.2) is 35.7 Å². The van der Waals surface area contributed by atoms with Crippen LogP contribution >= 0.6 is 27.7 Å². The third kappa shape index (κ3) is 3.98. The molecule has 5 rings (SSSR count). The molecule has 2 aliphatic heterocycles. The Morgan fingerprint density at radius 1 is 0.933 bits per heavy atom. The smallest absolute Gasteiger partial charge is 0.141 e. The predicted molar refractivity (Wildman–Crippen MR) is 128 cm³/mol. The summed E-state index contributed by atoms with van der Waals surface area (Å²) in [5, 5.41) is 10.8. The number of likely N-dealkylation sites (tertiary alicyclic amines) is 1. The van der Waals surface area contributed by atoms with Crippen molar-refractivity contribution >= 4 is 39.1 Å². The van der Waals surface area contributed by atoms with Gasteiger partial charge in [-0.25, -0.2) is 0 Å². The van der Waals surface area contributed by atoms with Crippen LogP contribution in [0.4, 0.5) is 11.4 Å². The van der Waals surface area contributed by atoms with Gasteiger partial charge in [-0.1, -0.05) is 70.2 Å². The highest BCUT2D eigenvalue weighted by Crippen LogP contribution is 2.54. The van der Waals surface area contributed by atoms with Gasteiger partial charge in [0.2, 0.25) is 0 Å². The van der Waals surface area contributed by atoms with Crippen molar-refractivity contribution in [2.75, 3.05) is 24.5 Å². The molecule has 30 heavy (non-hydrogen) atoms. The van der Waals surface area contributed by atoms with E-state index in [-0.39, 0.29) is 0 Å². The van der Waals surface area contributed by atoms with Crippen molar-refractivity contribution in [2.45, 2.75) is 35.1 Å². The number of benzene rings is 3. The number of piperidine rings is 1. The number of phenols is 1. The molecule has 0 unspecified atom stereocenters. The van der Waals surface area contributed by atoms with Gasteiger partial charge >= 0.3 is 0 Å². The minimum atomic E-state index is 0.355. The highest BCUT2D eigenvalue weighted by Gasteiger charge is 2.33. The fourth-order valence-electron chi connectivity index (χ4n) is 4.57. The van der Waals surface area contributed by atoms with Gasteiger partial charge in [0.25, 0.3) is 0 Å². The van der Waals surface area contributed by atoms with Crippen LogP contribution in [-0.2, 0) is 6.42 Å². The Hall–Kier alpha value is -1.95. The molecule has 1 N–H and O–H groups in total. The SMILES string of the molecule is Oc1cc(Br)cc2c1N(C1CCN(CCc3ccccc3)CC1)c1ccccc1S2. The highest BCUT2D eigenvalue weighted by atomic mass is 79.9. The van der Waals surface area contributed by atoms with Gasteiger partial charge in [0.15, 0.2) is 0 Å². The standard InChI is InChI=1S/C25H25BrN2OS/c26-19-16-22(29)25-24(17-19)30-23-9-5-4-8-21(23)28(25)20-11-14-27(15-12-20)13-10-18-6-2-1-3-7-18/h1-9,16-17,20,29H,10-15H2. The van der Waals surface area contributed by atoms with Gasteiger partial charge in [0, 0.05) is 39.9 Å². The molecule has 0 bridgehead atoms. The van der Waals surface area contributed by atoms with E-state index in [0.29, 0.717) is 11.8 Å². The van der Waals surface area contributed by atoms with Gasteiger partial charge in [-0.15, -0.1) is 0 Å². The second-order valence-corrected chi connectivity index (χ2v) is 10.0. The van der Waals surface area contributed by atoms with Crippen molar-refractivity contribution in [1.82, 2.24) is 4.90 Å². The van der Waals surface area contributed by atoms with Crippen molar-refractivity contribution in [1.29, 1.82) is 0 Å². The summed E-state index contributed by atoms with van der Waals surface area (Å²) in [7, 11) is 0. The first kappa shape index (κ1) is 20.0. The quantitative estimate of drug-likeness (QED) is 0.463. The molecule has 0 saturated carbocycles. The van der Waals surface area contributed by atoms with E-state index in [1.165, 1.54) is 16.1 Å². The lowest BCUT2D eigenvalue weighted by Crippen LogP contribution is -2.44. The van der Waals surface area contributed by atoms with Gasteiger partial charge in [0.1, 0.15) is 5.75 Å².